The van der Waals surface area contributed by atoms with Crippen molar-refractivity contribution in [2.45, 2.75) is 71.6 Å². The first-order chi connectivity index (χ1) is 23.8. The normalized spacial score (nSPS) is 14.2. The predicted molar refractivity (Wildman–Crippen MR) is 211 cm³/mol. The third-order valence-corrected chi connectivity index (χ3v) is 10.9. The van der Waals surface area contributed by atoms with Gasteiger partial charge in [-0.15, -0.1) is 0 Å². The van der Waals surface area contributed by atoms with E-state index in [9.17, 15) is 0 Å². The van der Waals surface area contributed by atoms with Gasteiger partial charge in [0.05, 0.1) is 11.1 Å². The first-order valence-corrected chi connectivity index (χ1v) is 17.8. The summed E-state index contributed by atoms with van der Waals surface area (Å²) < 4.78 is 13.1. The van der Waals surface area contributed by atoms with E-state index >= 15 is 0 Å². The van der Waals surface area contributed by atoms with E-state index in [1.807, 2.05) is 12.1 Å². The van der Waals surface area contributed by atoms with Crippen LogP contribution in [0.15, 0.2) is 124 Å². The molecule has 0 spiro atoms. The monoisotopic (exact) mass is 653 g/mol. The highest BCUT2D eigenvalue weighted by Gasteiger charge is 2.36. The fourth-order valence-electron chi connectivity index (χ4n) is 8.25. The van der Waals surface area contributed by atoms with E-state index in [0.717, 1.165) is 55.6 Å². The summed E-state index contributed by atoms with van der Waals surface area (Å²) in [7, 11) is 0. The maximum Gasteiger partial charge on any atom is 0.137 e. The lowest BCUT2D eigenvalue weighted by atomic mass is 9.78. The minimum absolute atomic E-state index is 0.0143. The molecule has 0 fully saturated rings. The average Bonchev–Trinajstić information content (AvgIpc) is 3.72. The molecule has 3 heteroatoms. The molecule has 1 aliphatic carbocycles. The molecular formula is C47H43NO2. The number of hydrogen-bond acceptors (Lipinski definition) is 3. The smallest absolute Gasteiger partial charge is 0.137 e. The van der Waals surface area contributed by atoms with Crippen molar-refractivity contribution in [3.8, 4) is 11.1 Å². The second-order valence-corrected chi connectivity index (χ2v) is 16.7. The van der Waals surface area contributed by atoms with Crippen molar-refractivity contribution in [2.75, 3.05) is 4.90 Å². The van der Waals surface area contributed by atoms with E-state index < -0.39 is 0 Å². The molecule has 0 atom stereocenters. The number of furan rings is 2. The standard InChI is InChI=1S/C47H43NO2/c1-45(2,3)28-24-37(46(4,5)6)43-42(25-28)50-41-19-13-17-38(44(41)43)48(29-21-23-40-34(26-29)33-15-10-12-18-39(33)49-40)30-20-22-32-31-14-9-11-16-35(31)47(7,8)36(32)27-30/h9-27H,1-8H3. The van der Waals surface area contributed by atoms with Gasteiger partial charge in [0, 0.05) is 32.9 Å². The quantitative estimate of drug-likeness (QED) is 0.190. The van der Waals surface area contributed by atoms with E-state index in [1.165, 1.54) is 38.8 Å². The van der Waals surface area contributed by atoms with Gasteiger partial charge in [-0.25, -0.2) is 0 Å². The maximum absolute atomic E-state index is 6.81. The van der Waals surface area contributed by atoms with E-state index in [2.05, 4.69) is 163 Å². The zero-order chi connectivity index (χ0) is 34.7. The Hall–Kier alpha value is -5.28. The summed E-state index contributed by atoms with van der Waals surface area (Å²) in [4.78, 5) is 2.43. The molecule has 0 amide bonds. The molecule has 248 valence electrons. The van der Waals surface area contributed by atoms with Crippen molar-refractivity contribution >= 4 is 60.9 Å². The molecule has 0 radical (unpaired) electrons. The molecule has 50 heavy (non-hydrogen) atoms. The molecule has 0 N–H and O–H groups in total. The molecule has 0 saturated heterocycles. The highest BCUT2D eigenvalue weighted by molar-refractivity contribution is 6.16. The van der Waals surface area contributed by atoms with Gasteiger partial charge in [-0.3, -0.25) is 0 Å². The summed E-state index contributed by atoms with van der Waals surface area (Å²) in [6.07, 6.45) is 0. The third-order valence-electron chi connectivity index (χ3n) is 10.9. The molecule has 8 aromatic rings. The molecule has 0 saturated carbocycles. The Bertz CT molecular complexity index is 2650. The van der Waals surface area contributed by atoms with Crippen LogP contribution in [0.3, 0.4) is 0 Å². The Morgan fingerprint density at radius 1 is 0.500 bits per heavy atom. The molecule has 0 unspecified atom stereocenters. The van der Waals surface area contributed by atoms with Crippen LogP contribution in [-0.2, 0) is 16.2 Å². The van der Waals surface area contributed by atoms with Crippen LogP contribution in [0.1, 0.15) is 77.6 Å². The van der Waals surface area contributed by atoms with Crippen LogP contribution in [0.4, 0.5) is 17.1 Å². The number of rotatable bonds is 3. The molecule has 1 aliphatic rings. The Morgan fingerprint density at radius 2 is 1.16 bits per heavy atom. The highest BCUT2D eigenvalue weighted by atomic mass is 16.3. The average molecular weight is 654 g/mol. The highest BCUT2D eigenvalue weighted by Crippen LogP contribution is 2.52. The van der Waals surface area contributed by atoms with Crippen LogP contribution in [0.5, 0.6) is 0 Å². The van der Waals surface area contributed by atoms with Gasteiger partial charge in [0.15, 0.2) is 0 Å². The molecule has 3 nitrogen and oxygen atoms in total. The van der Waals surface area contributed by atoms with Crippen molar-refractivity contribution in [3.05, 3.63) is 138 Å². The Kier molecular flexibility index (Phi) is 6.38. The zero-order valence-corrected chi connectivity index (χ0v) is 30.2. The van der Waals surface area contributed by atoms with Crippen molar-refractivity contribution in [1.82, 2.24) is 0 Å². The minimum atomic E-state index is -0.130. The number of para-hydroxylation sites is 1. The number of benzene rings is 6. The number of hydrogen-bond donors (Lipinski definition) is 0. The SMILES string of the molecule is CC(C)(C)c1cc(C(C)(C)C)c2c(c1)oc1cccc(N(c3ccc4c(c3)C(C)(C)c3ccccc3-4)c3ccc4oc5ccccc5c4c3)c12. The predicted octanol–water partition coefficient (Wildman–Crippen LogP) is 13.9. The molecule has 0 bridgehead atoms. The second kappa shape index (κ2) is 10.4. The van der Waals surface area contributed by atoms with Crippen LogP contribution in [0, 0.1) is 0 Å². The Balaban J connectivity index is 1.37. The molecular weight excluding hydrogens is 611 g/mol. The van der Waals surface area contributed by atoms with Gasteiger partial charge in [0.2, 0.25) is 0 Å². The summed E-state index contributed by atoms with van der Waals surface area (Å²) in [5, 5.41) is 4.54. The van der Waals surface area contributed by atoms with E-state index in [1.54, 1.807) is 0 Å². The van der Waals surface area contributed by atoms with Crippen molar-refractivity contribution in [2.24, 2.45) is 0 Å². The minimum Gasteiger partial charge on any atom is -0.456 e. The lowest BCUT2D eigenvalue weighted by molar-refractivity contribution is 0.569. The maximum atomic E-state index is 6.81. The fourth-order valence-corrected chi connectivity index (χ4v) is 8.25. The van der Waals surface area contributed by atoms with Crippen molar-refractivity contribution in [1.29, 1.82) is 0 Å². The van der Waals surface area contributed by atoms with Gasteiger partial charge in [0.1, 0.15) is 22.3 Å². The van der Waals surface area contributed by atoms with Gasteiger partial charge in [-0.1, -0.05) is 116 Å². The van der Waals surface area contributed by atoms with Crippen LogP contribution in [0.25, 0.3) is 55.0 Å². The van der Waals surface area contributed by atoms with E-state index in [4.69, 9.17) is 8.83 Å². The third kappa shape index (κ3) is 4.49. The molecule has 9 rings (SSSR count). The fraction of sp³-hybridized carbons (Fsp3) is 0.234. The topological polar surface area (TPSA) is 29.5 Å². The second-order valence-electron chi connectivity index (χ2n) is 16.7. The van der Waals surface area contributed by atoms with Crippen molar-refractivity contribution < 1.29 is 8.83 Å². The summed E-state index contributed by atoms with van der Waals surface area (Å²) in [6, 6.07) is 42.0. The van der Waals surface area contributed by atoms with E-state index in [-0.39, 0.29) is 16.2 Å². The van der Waals surface area contributed by atoms with Crippen LogP contribution >= 0.6 is 0 Å². The van der Waals surface area contributed by atoms with Gasteiger partial charge in [-0.2, -0.15) is 0 Å². The first-order valence-electron chi connectivity index (χ1n) is 17.8. The van der Waals surface area contributed by atoms with Crippen LogP contribution < -0.4 is 4.90 Å². The lowest BCUT2D eigenvalue weighted by Crippen LogP contribution is -2.17. The largest absolute Gasteiger partial charge is 0.456 e. The molecule has 0 aliphatic heterocycles. The molecule has 6 aromatic carbocycles. The number of fused-ring (bicyclic) bond motifs is 9. The van der Waals surface area contributed by atoms with Gasteiger partial charge in [0.25, 0.3) is 0 Å². The van der Waals surface area contributed by atoms with Gasteiger partial charge < -0.3 is 13.7 Å². The first kappa shape index (κ1) is 30.8. The Labute approximate surface area is 294 Å². The zero-order valence-electron chi connectivity index (χ0n) is 30.2. The van der Waals surface area contributed by atoms with Crippen molar-refractivity contribution in [3.63, 3.8) is 0 Å². The summed E-state index contributed by atoms with van der Waals surface area (Å²) in [5.74, 6) is 0. The van der Waals surface area contributed by atoms with E-state index in [0.29, 0.717) is 0 Å². The summed E-state index contributed by atoms with van der Waals surface area (Å²) in [6.45, 7) is 18.5. The van der Waals surface area contributed by atoms with Crippen LogP contribution in [0.2, 0.25) is 0 Å². The molecule has 2 heterocycles. The summed E-state index contributed by atoms with van der Waals surface area (Å²) in [5.41, 5.74) is 14.6. The van der Waals surface area contributed by atoms with Crippen LogP contribution in [-0.4, -0.2) is 0 Å². The summed E-state index contributed by atoms with van der Waals surface area (Å²) >= 11 is 0. The van der Waals surface area contributed by atoms with Gasteiger partial charge in [-0.05, 0) is 98.8 Å². The number of anilines is 3. The lowest BCUT2D eigenvalue weighted by Gasteiger charge is -2.29. The molecule has 2 aromatic heterocycles. The van der Waals surface area contributed by atoms with Gasteiger partial charge >= 0.3 is 0 Å². The Morgan fingerprint density at radius 3 is 1.96 bits per heavy atom. The number of nitrogens with zero attached hydrogens (tertiary/aromatic N) is 1.